The van der Waals surface area contributed by atoms with Crippen molar-refractivity contribution in [1.29, 1.82) is 0 Å². The minimum atomic E-state index is -1.81. The number of benzene rings is 1. The van der Waals surface area contributed by atoms with Gasteiger partial charge in [0, 0.05) is 0 Å². The molecule has 0 N–H and O–H groups in total. The molecule has 4 nitrogen and oxygen atoms in total. The molecule has 1 aromatic rings. The highest BCUT2D eigenvalue weighted by Crippen LogP contribution is 2.23. The molecule has 0 unspecified atom stereocenters. The first-order valence-corrected chi connectivity index (χ1v) is 12.6. The number of rotatable bonds is 6. The largest absolute Gasteiger partial charge is 0.530 e. The third-order valence-corrected chi connectivity index (χ3v) is 9.49. The van der Waals surface area contributed by atoms with E-state index in [-0.39, 0.29) is 0 Å². The monoisotopic (exact) mass is 312 g/mol. The van der Waals surface area contributed by atoms with Gasteiger partial charge < -0.3 is 8.85 Å². The van der Waals surface area contributed by atoms with Crippen LogP contribution in [0, 0.1) is 0 Å². The van der Waals surface area contributed by atoms with Crippen molar-refractivity contribution in [3.05, 3.63) is 24.3 Å². The Balaban J connectivity index is 2.75. The molecular formula is C14H28N2O2Si2. The lowest BCUT2D eigenvalue weighted by Gasteiger charge is -2.31. The molecule has 0 aromatic heterocycles. The van der Waals surface area contributed by atoms with Crippen molar-refractivity contribution in [2.45, 2.75) is 26.2 Å². The molecule has 6 heteroatoms. The first kappa shape index (κ1) is 17.2. The Bertz CT molecular complexity index is 390. The maximum absolute atomic E-state index is 6.11. The van der Waals surface area contributed by atoms with Gasteiger partial charge in [-0.1, -0.05) is 0 Å². The fourth-order valence-electron chi connectivity index (χ4n) is 1.34. The van der Waals surface area contributed by atoms with Crippen molar-refractivity contribution >= 4 is 17.0 Å². The zero-order chi connectivity index (χ0) is 15.6. The van der Waals surface area contributed by atoms with Gasteiger partial charge in [-0.15, -0.1) is 0 Å². The normalized spacial score (nSPS) is 12.9. The molecule has 1 aromatic carbocycles. The van der Waals surface area contributed by atoms with Gasteiger partial charge in [0.25, 0.3) is 0 Å². The summed E-state index contributed by atoms with van der Waals surface area (Å²) in [5, 5.41) is 0. The molecule has 0 aliphatic heterocycles. The first-order chi connectivity index (χ1) is 9.04. The minimum Gasteiger partial charge on any atom is -0.530 e. The second kappa shape index (κ2) is 6.30. The van der Waals surface area contributed by atoms with Crippen molar-refractivity contribution < 1.29 is 8.85 Å². The van der Waals surface area contributed by atoms with Crippen molar-refractivity contribution in [2.75, 3.05) is 28.2 Å². The Morgan fingerprint density at radius 3 is 1.10 bits per heavy atom. The molecule has 0 fully saturated rings. The molecule has 0 saturated carbocycles. The van der Waals surface area contributed by atoms with Gasteiger partial charge >= 0.3 is 17.0 Å². The van der Waals surface area contributed by atoms with Crippen LogP contribution >= 0.6 is 0 Å². The van der Waals surface area contributed by atoms with Crippen molar-refractivity contribution in [1.82, 2.24) is 9.13 Å². The van der Waals surface area contributed by atoms with Gasteiger partial charge in [0.2, 0.25) is 0 Å². The van der Waals surface area contributed by atoms with E-state index in [9.17, 15) is 0 Å². The Morgan fingerprint density at radius 1 is 0.650 bits per heavy atom. The van der Waals surface area contributed by atoms with Gasteiger partial charge in [-0.05, 0) is 78.6 Å². The molecule has 0 heterocycles. The molecule has 0 bridgehead atoms. The zero-order valence-corrected chi connectivity index (χ0v) is 16.0. The highest BCUT2D eigenvalue weighted by atomic mass is 28.4. The maximum Gasteiger partial charge on any atom is 0.324 e. The van der Waals surface area contributed by atoms with Crippen LogP contribution in [0.3, 0.4) is 0 Å². The molecule has 0 amide bonds. The SMILES string of the molecule is CN(C)[Si](C)(C)Oc1ccc(O[Si](C)(C)N(C)C)cc1. The summed E-state index contributed by atoms with van der Waals surface area (Å²) in [6.07, 6.45) is 0. The summed E-state index contributed by atoms with van der Waals surface area (Å²) in [6, 6.07) is 7.98. The lowest BCUT2D eigenvalue weighted by Crippen LogP contribution is -2.49. The van der Waals surface area contributed by atoms with E-state index in [1.807, 2.05) is 24.3 Å². The zero-order valence-electron chi connectivity index (χ0n) is 14.0. The van der Waals surface area contributed by atoms with E-state index in [0.717, 1.165) is 11.5 Å². The molecule has 0 saturated heterocycles. The second-order valence-corrected chi connectivity index (χ2v) is 14.3. The van der Waals surface area contributed by atoms with Crippen LogP contribution in [-0.2, 0) is 0 Å². The van der Waals surface area contributed by atoms with Crippen molar-refractivity contribution in [2.24, 2.45) is 0 Å². The molecule has 0 atom stereocenters. The Hall–Kier alpha value is -0.826. The van der Waals surface area contributed by atoms with Crippen LogP contribution in [-0.4, -0.2) is 54.3 Å². The van der Waals surface area contributed by atoms with E-state index in [1.165, 1.54) is 0 Å². The van der Waals surface area contributed by atoms with E-state index < -0.39 is 17.0 Å². The highest BCUT2D eigenvalue weighted by Gasteiger charge is 2.29. The summed E-state index contributed by atoms with van der Waals surface area (Å²) in [7, 11) is 4.64. The molecule has 0 spiro atoms. The van der Waals surface area contributed by atoms with Gasteiger partial charge in [0.05, 0.1) is 0 Å². The predicted octanol–water partition coefficient (Wildman–Crippen LogP) is 2.97. The van der Waals surface area contributed by atoms with E-state index in [0.29, 0.717) is 0 Å². The Morgan fingerprint density at radius 2 is 0.900 bits per heavy atom. The topological polar surface area (TPSA) is 24.9 Å². The summed E-state index contributed by atoms with van der Waals surface area (Å²) in [5.41, 5.74) is 0. The van der Waals surface area contributed by atoms with Crippen LogP contribution in [0.25, 0.3) is 0 Å². The van der Waals surface area contributed by atoms with Gasteiger partial charge in [-0.2, -0.15) is 0 Å². The van der Waals surface area contributed by atoms with Crippen LogP contribution in [0.5, 0.6) is 11.5 Å². The lowest BCUT2D eigenvalue weighted by molar-refractivity contribution is 0.436. The van der Waals surface area contributed by atoms with E-state index in [1.54, 1.807) is 0 Å². The summed E-state index contributed by atoms with van der Waals surface area (Å²) in [5.74, 6) is 1.82. The molecular weight excluding hydrogens is 284 g/mol. The van der Waals surface area contributed by atoms with Crippen LogP contribution in [0.15, 0.2) is 24.3 Å². The van der Waals surface area contributed by atoms with E-state index in [4.69, 9.17) is 8.85 Å². The molecule has 0 aliphatic carbocycles. The smallest absolute Gasteiger partial charge is 0.324 e. The van der Waals surface area contributed by atoms with E-state index in [2.05, 4.69) is 63.5 Å². The highest BCUT2D eigenvalue weighted by molar-refractivity contribution is 6.69. The molecule has 114 valence electrons. The summed E-state index contributed by atoms with van der Waals surface area (Å²) >= 11 is 0. The molecule has 0 aliphatic rings. The summed E-state index contributed by atoms with van der Waals surface area (Å²) < 4.78 is 16.6. The van der Waals surface area contributed by atoms with E-state index >= 15 is 0 Å². The van der Waals surface area contributed by atoms with Crippen LogP contribution in [0.1, 0.15) is 0 Å². The first-order valence-electron chi connectivity index (χ1n) is 6.87. The average molecular weight is 313 g/mol. The van der Waals surface area contributed by atoms with Gasteiger partial charge in [0.1, 0.15) is 11.5 Å². The summed E-state index contributed by atoms with van der Waals surface area (Å²) in [4.78, 5) is 0. The number of nitrogens with zero attached hydrogens (tertiary/aromatic N) is 2. The minimum absolute atomic E-state index is 0.909. The lowest BCUT2D eigenvalue weighted by atomic mass is 10.3. The van der Waals surface area contributed by atoms with Gasteiger partial charge in [0.15, 0.2) is 0 Å². The Kier molecular flexibility index (Phi) is 5.42. The van der Waals surface area contributed by atoms with Crippen molar-refractivity contribution in [3.8, 4) is 11.5 Å². The standard InChI is InChI=1S/C14H28N2O2Si2/c1-15(2)19(5,6)17-13-9-11-14(12-10-13)18-20(7,8)16(3)4/h9-12H,1-8H3. The third-order valence-electron chi connectivity index (χ3n) is 3.71. The van der Waals surface area contributed by atoms with Crippen LogP contribution in [0.4, 0.5) is 0 Å². The van der Waals surface area contributed by atoms with Crippen LogP contribution in [0.2, 0.25) is 26.2 Å². The average Bonchev–Trinajstić information content (AvgIpc) is 2.30. The van der Waals surface area contributed by atoms with Gasteiger partial charge in [-0.25, -0.2) is 0 Å². The fourth-order valence-corrected chi connectivity index (χ4v) is 3.13. The molecule has 0 radical (unpaired) electrons. The second-order valence-electron chi connectivity index (χ2n) is 6.36. The number of hydrogen-bond donors (Lipinski definition) is 0. The Labute approximate surface area is 125 Å². The van der Waals surface area contributed by atoms with Crippen molar-refractivity contribution in [3.63, 3.8) is 0 Å². The van der Waals surface area contributed by atoms with Crippen LogP contribution < -0.4 is 8.85 Å². The molecule has 1 rings (SSSR count). The predicted molar refractivity (Wildman–Crippen MR) is 90.0 cm³/mol. The third kappa shape index (κ3) is 4.62. The quantitative estimate of drug-likeness (QED) is 0.754. The molecule has 20 heavy (non-hydrogen) atoms. The van der Waals surface area contributed by atoms with Gasteiger partial charge in [-0.3, -0.25) is 9.13 Å². The maximum atomic E-state index is 6.11. The fraction of sp³-hybridized carbons (Fsp3) is 0.571. The number of hydrogen-bond acceptors (Lipinski definition) is 4. The summed E-state index contributed by atoms with van der Waals surface area (Å²) in [6.45, 7) is 8.72.